The minimum Gasteiger partial charge on any atom is -0.382 e. The molecule has 0 aromatic heterocycles. The molecule has 0 atom stereocenters. The molecule has 1 aliphatic heterocycles. The van der Waals surface area contributed by atoms with Gasteiger partial charge in [-0.1, -0.05) is 22.0 Å². The second-order valence-electron chi connectivity index (χ2n) is 5.91. The summed E-state index contributed by atoms with van der Waals surface area (Å²) in [6, 6.07) is 7.08. The van der Waals surface area contributed by atoms with Crippen molar-refractivity contribution in [2.45, 2.75) is 38.6 Å². The molecule has 18 heavy (non-hydrogen) atoms. The molecule has 2 N–H and O–H groups in total. The van der Waals surface area contributed by atoms with E-state index in [2.05, 4.69) is 51.7 Å². The summed E-state index contributed by atoms with van der Waals surface area (Å²) in [7, 11) is 0. The second-order valence-corrected chi connectivity index (χ2v) is 6.77. The van der Waals surface area contributed by atoms with E-state index in [0.29, 0.717) is 11.5 Å². The van der Waals surface area contributed by atoms with E-state index < -0.39 is 0 Å². The van der Waals surface area contributed by atoms with E-state index in [1.165, 1.54) is 54.5 Å². The van der Waals surface area contributed by atoms with Gasteiger partial charge in [-0.05, 0) is 68.8 Å². The predicted octanol–water partition coefficient (Wildman–Crippen LogP) is 3.70. The Morgan fingerprint density at radius 2 is 2.00 bits per heavy atom. The lowest BCUT2D eigenvalue weighted by Gasteiger charge is -2.51. The standard InChI is InChI=1S/C15H21BrN2/c1-11-13(16)3-2-4-14(11)18-12-9-15(10-12)5-7-17-8-6-15/h2-4,12,17-18H,5-10H2,1H3. The first-order chi connectivity index (χ1) is 8.69. The van der Waals surface area contributed by atoms with Gasteiger partial charge in [-0.2, -0.15) is 0 Å². The fraction of sp³-hybridized carbons (Fsp3) is 0.600. The van der Waals surface area contributed by atoms with Crippen molar-refractivity contribution in [1.29, 1.82) is 0 Å². The number of hydrogen-bond acceptors (Lipinski definition) is 2. The van der Waals surface area contributed by atoms with Crippen LogP contribution in [0.4, 0.5) is 5.69 Å². The maximum absolute atomic E-state index is 3.71. The molecule has 0 radical (unpaired) electrons. The molecule has 1 aliphatic carbocycles. The summed E-state index contributed by atoms with van der Waals surface area (Å²) < 4.78 is 1.20. The van der Waals surface area contributed by atoms with Crippen LogP contribution in [0.1, 0.15) is 31.2 Å². The monoisotopic (exact) mass is 308 g/mol. The van der Waals surface area contributed by atoms with Gasteiger partial charge in [0.05, 0.1) is 0 Å². The van der Waals surface area contributed by atoms with Crippen LogP contribution in [0, 0.1) is 12.3 Å². The summed E-state index contributed by atoms with van der Waals surface area (Å²) in [5.74, 6) is 0. The molecule has 1 saturated carbocycles. The third-order valence-corrected chi connectivity index (χ3v) is 5.51. The zero-order valence-corrected chi connectivity index (χ0v) is 12.5. The normalized spacial score (nSPS) is 22.8. The van der Waals surface area contributed by atoms with Crippen molar-refractivity contribution in [3.05, 3.63) is 28.2 Å². The van der Waals surface area contributed by atoms with Crippen LogP contribution in [0.3, 0.4) is 0 Å². The average molecular weight is 309 g/mol. The van der Waals surface area contributed by atoms with E-state index in [9.17, 15) is 0 Å². The number of piperidine rings is 1. The van der Waals surface area contributed by atoms with Gasteiger partial charge in [0.25, 0.3) is 0 Å². The fourth-order valence-corrected chi connectivity index (χ4v) is 3.80. The average Bonchev–Trinajstić information content (AvgIpc) is 2.34. The van der Waals surface area contributed by atoms with Gasteiger partial charge in [-0.15, -0.1) is 0 Å². The van der Waals surface area contributed by atoms with E-state index in [1.54, 1.807) is 0 Å². The van der Waals surface area contributed by atoms with Gasteiger partial charge in [-0.25, -0.2) is 0 Å². The molecule has 1 heterocycles. The number of anilines is 1. The molecule has 98 valence electrons. The highest BCUT2D eigenvalue weighted by Crippen LogP contribution is 2.49. The molecule has 0 amide bonds. The van der Waals surface area contributed by atoms with E-state index in [4.69, 9.17) is 0 Å². The number of halogens is 1. The topological polar surface area (TPSA) is 24.1 Å². The highest BCUT2D eigenvalue weighted by atomic mass is 79.9. The van der Waals surface area contributed by atoms with Gasteiger partial charge in [0.2, 0.25) is 0 Å². The number of rotatable bonds is 2. The summed E-state index contributed by atoms with van der Waals surface area (Å²) in [5.41, 5.74) is 3.27. The maximum Gasteiger partial charge on any atom is 0.0383 e. The Morgan fingerprint density at radius 3 is 2.72 bits per heavy atom. The van der Waals surface area contributed by atoms with Crippen molar-refractivity contribution in [2.24, 2.45) is 5.41 Å². The van der Waals surface area contributed by atoms with Gasteiger partial charge in [0, 0.05) is 16.2 Å². The van der Waals surface area contributed by atoms with Gasteiger partial charge in [0.1, 0.15) is 0 Å². The van der Waals surface area contributed by atoms with Crippen LogP contribution >= 0.6 is 15.9 Å². The van der Waals surface area contributed by atoms with Crippen LogP contribution in [0.5, 0.6) is 0 Å². The SMILES string of the molecule is Cc1c(Br)cccc1NC1CC2(CCNCC2)C1. The van der Waals surface area contributed by atoms with Crippen LogP contribution in [-0.2, 0) is 0 Å². The molecule has 1 aromatic carbocycles. The Morgan fingerprint density at radius 1 is 1.28 bits per heavy atom. The van der Waals surface area contributed by atoms with Crippen molar-refractivity contribution in [2.75, 3.05) is 18.4 Å². The molecule has 2 aliphatic rings. The molecule has 3 rings (SSSR count). The second kappa shape index (κ2) is 4.86. The molecule has 1 aromatic rings. The molecule has 1 spiro atoms. The van der Waals surface area contributed by atoms with Crippen molar-refractivity contribution >= 4 is 21.6 Å². The minimum absolute atomic E-state index is 0.656. The highest BCUT2D eigenvalue weighted by Gasteiger charge is 2.44. The summed E-state index contributed by atoms with van der Waals surface area (Å²) >= 11 is 3.60. The van der Waals surface area contributed by atoms with Crippen molar-refractivity contribution in [3.8, 4) is 0 Å². The Labute approximate surface area is 118 Å². The molecule has 0 unspecified atom stereocenters. The molecular formula is C15H21BrN2. The van der Waals surface area contributed by atoms with Crippen molar-refractivity contribution in [1.82, 2.24) is 5.32 Å². The minimum atomic E-state index is 0.656. The lowest BCUT2D eigenvalue weighted by molar-refractivity contribution is 0.0718. The first kappa shape index (κ1) is 12.5. The van der Waals surface area contributed by atoms with Crippen LogP contribution in [-0.4, -0.2) is 19.1 Å². The lowest BCUT2D eigenvalue weighted by Crippen LogP contribution is -2.50. The molecular weight excluding hydrogens is 288 g/mol. The first-order valence-electron chi connectivity index (χ1n) is 6.91. The van der Waals surface area contributed by atoms with Crippen molar-refractivity contribution in [3.63, 3.8) is 0 Å². The zero-order chi connectivity index (χ0) is 12.6. The summed E-state index contributed by atoms with van der Waals surface area (Å²) in [4.78, 5) is 0. The predicted molar refractivity (Wildman–Crippen MR) is 80.1 cm³/mol. The molecule has 2 fully saturated rings. The number of hydrogen-bond donors (Lipinski definition) is 2. The molecule has 2 nitrogen and oxygen atoms in total. The quantitative estimate of drug-likeness (QED) is 0.870. The van der Waals surface area contributed by atoms with Crippen LogP contribution in [0.25, 0.3) is 0 Å². The van der Waals surface area contributed by atoms with Gasteiger partial charge in [0.15, 0.2) is 0 Å². The summed E-state index contributed by atoms with van der Waals surface area (Å²) in [5, 5.41) is 7.17. The molecule has 0 bridgehead atoms. The van der Waals surface area contributed by atoms with E-state index >= 15 is 0 Å². The van der Waals surface area contributed by atoms with E-state index in [0.717, 1.165) is 0 Å². The van der Waals surface area contributed by atoms with Gasteiger partial charge in [-0.3, -0.25) is 0 Å². The Kier molecular flexibility index (Phi) is 3.37. The third kappa shape index (κ3) is 2.30. The smallest absolute Gasteiger partial charge is 0.0383 e. The Balaban J connectivity index is 1.61. The summed E-state index contributed by atoms with van der Waals surface area (Å²) in [6.45, 7) is 4.59. The van der Waals surface area contributed by atoms with Crippen LogP contribution in [0.15, 0.2) is 22.7 Å². The zero-order valence-electron chi connectivity index (χ0n) is 10.9. The maximum atomic E-state index is 3.71. The third-order valence-electron chi connectivity index (χ3n) is 4.65. The van der Waals surface area contributed by atoms with E-state index in [1.807, 2.05) is 0 Å². The Bertz CT molecular complexity index is 430. The molecule has 3 heteroatoms. The fourth-order valence-electron chi connectivity index (χ4n) is 3.44. The Hall–Kier alpha value is -0.540. The van der Waals surface area contributed by atoms with E-state index in [-0.39, 0.29) is 0 Å². The first-order valence-corrected chi connectivity index (χ1v) is 7.70. The number of nitrogens with one attached hydrogen (secondary N) is 2. The van der Waals surface area contributed by atoms with Gasteiger partial charge >= 0.3 is 0 Å². The largest absolute Gasteiger partial charge is 0.382 e. The van der Waals surface area contributed by atoms with Gasteiger partial charge < -0.3 is 10.6 Å². The van der Waals surface area contributed by atoms with Crippen LogP contribution < -0.4 is 10.6 Å². The highest BCUT2D eigenvalue weighted by molar-refractivity contribution is 9.10. The molecule has 1 saturated heterocycles. The lowest BCUT2D eigenvalue weighted by atomic mass is 9.60. The van der Waals surface area contributed by atoms with Crippen LogP contribution in [0.2, 0.25) is 0 Å². The van der Waals surface area contributed by atoms with Crippen molar-refractivity contribution < 1.29 is 0 Å². The summed E-state index contributed by atoms with van der Waals surface area (Å²) in [6.07, 6.45) is 5.42. The number of benzene rings is 1.